The highest BCUT2D eigenvalue weighted by Gasteiger charge is 2.24. The standard InChI is InChI=1S/C7H7FN2O2S/c8-5-2-1-3-6-7(5)9-4-10-13(6,11)12/h1-3,9-10H,4H2. The van der Waals surface area contributed by atoms with Crippen LogP contribution in [-0.2, 0) is 10.0 Å². The van der Waals surface area contributed by atoms with Crippen molar-refractivity contribution in [2.45, 2.75) is 4.90 Å². The summed E-state index contributed by atoms with van der Waals surface area (Å²) in [5.74, 6) is -0.553. The Labute approximate surface area is 74.8 Å². The molecule has 0 atom stereocenters. The third-order valence-corrected chi connectivity index (χ3v) is 3.24. The van der Waals surface area contributed by atoms with E-state index in [2.05, 4.69) is 10.0 Å². The quantitative estimate of drug-likeness (QED) is 0.643. The van der Waals surface area contributed by atoms with Gasteiger partial charge in [0.2, 0.25) is 10.0 Å². The van der Waals surface area contributed by atoms with Crippen LogP contribution in [0.15, 0.2) is 23.1 Å². The molecule has 2 N–H and O–H groups in total. The molecule has 6 heteroatoms. The molecule has 1 aromatic rings. The van der Waals surface area contributed by atoms with Gasteiger partial charge in [0.15, 0.2) is 0 Å². The van der Waals surface area contributed by atoms with Crippen LogP contribution in [0.4, 0.5) is 10.1 Å². The molecule has 0 fully saturated rings. The van der Waals surface area contributed by atoms with Crippen molar-refractivity contribution in [1.82, 2.24) is 4.72 Å². The first-order valence-electron chi connectivity index (χ1n) is 3.63. The van der Waals surface area contributed by atoms with Crippen molar-refractivity contribution in [3.8, 4) is 0 Å². The van der Waals surface area contributed by atoms with Crippen molar-refractivity contribution < 1.29 is 12.8 Å². The van der Waals surface area contributed by atoms with Gasteiger partial charge in [0.25, 0.3) is 0 Å². The Kier molecular flexibility index (Phi) is 1.74. The van der Waals surface area contributed by atoms with Gasteiger partial charge in [0.05, 0.1) is 12.4 Å². The van der Waals surface area contributed by atoms with Gasteiger partial charge in [-0.15, -0.1) is 0 Å². The lowest BCUT2D eigenvalue weighted by molar-refractivity contribution is 0.575. The van der Waals surface area contributed by atoms with Crippen LogP contribution in [0.3, 0.4) is 0 Å². The van der Waals surface area contributed by atoms with E-state index in [1.54, 1.807) is 0 Å². The van der Waals surface area contributed by atoms with Gasteiger partial charge >= 0.3 is 0 Å². The topological polar surface area (TPSA) is 58.2 Å². The molecule has 2 rings (SSSR count). The maximum atomic E-state index is 13.1. The molecule has 0 saturated heterocycles. The zero-order chi connectivity index (χ0) is 9.47. The molecule has 1 aliphatic rings. The molecule has 0 bridgehead atoms. The first-order valence-corrected chi connectivity index (χ1v) is 5.11. The van der Waals surface area contributed by atoms with Crippen LogP contribution >= 0.6 is 0 Å². The summed E-state index contributed by atoms with van der Waals surface area (Å²) < 4.78 is 37.9. The second-order valence-corrected chi connectivity index (χ2v) is 4.35. The summed E-state index contributed by atoms with van der Waals surface area (Å²) in [6, 6.07) is 3.93. The Morgan fingerprint density at radius 3 is 2.85 bits per heavy atom. The minimum Gasteiger partial charge on any atom is -0.368 e. The van der Waals surface area contributed by atoms with E-state index < -0.39 is 15.8 Å². The van der Waals surface area contributed by atoms with Crippen molar-refractivity contribution in [1.29, 1.82) is 0 Å². The van der Waals surface area contributed by atoms with E-state index >= 15 is 0 Å². The summed E-state index contributed by atoms with van der Waals surface area (Å²) in [5, 5.41) is 2.62. The Hall–Kier alpha value is -1.14. The molecule has 1 aliphatic heterocycles. The van der Waals surface area contributed by atoms with Crippen LogP contribution in [0.25, 0.3) is 0 Å². The molecule has 1 aromatic carbocycles. The first kappa shape index (κ1) is 8.46. The number of halogens is 1. The number of hydrogen-bond donors (Lipinski definition) is 2. The summed E-state index contributed by atoms with van der Waals surface area (Å²) >= 11 is 0. The number of benzene rings is 1. The van der Waals surface area contributed by atoms with Gasteiger partial charge in [-0.3, -0.25) is 0 Å². The molecule has 0 radical (unpaired) electrons. The number of nitrogens with one attached hydrogen (secondary N) is 2. The minimum absolute atomic E-state index is 0.0241. The van der Waals surface area contributed by atoms with Gasteiger partial charge in [-0.1, -0.05) is 6.07 Å². The summed E-state index contributed by atoms with van der Waals surface area (Å²) in [5.41, 5.74) is 0.0428. The maximum absolute atomic E-state index is 13.1. The Bertz CT molecular complexity index is 444. The highest BCUT2D eigenvalue weighted by Crippen LogP contribution is 2.26. The molecule has 0 saturated carbocycles. The van der Waals surface area contributed by atoms with Gasteiger partial charge < -0.3 is 5.32 Å². The van der Waals surface area contributed by atoms with Crippen molar-refractivity contribution >= 4 is 15.7 Å². The lowest BCUT2D eigenvalue weighted by atomic mass is 10.3. The van der Waals surface area contributed by atoms with Crippen LogP contribution in [0.1, 0.15) is 0 Å². The molecule has 0 aromatic heterocycles. The normalized spacial score (nSPS) is 18.8. The van der Waals surface area contributed by atoms with Crippen LogP contribution in [0.2, 0.25) is 0 Å². The van der Waals surface area contributed by atoms with Crippen LogP contribution in [0.5, 0.6) is 0 Å². The number of sulfonamides is 1. The van der Waals surface area contributed by atoms with Crippen LogP contribution in [-0.4, -0.2) is 15.1 Å². The van der Waals surface area contributed by atoms with E-state index in [9.17, 15) is 12.8 Å². The summed E-state index contributed by atoms with van der Waals surface area (Å²) in [4.78, 5) is -0.0428. The van der Waals surface area contributed by atoms with E-state index in [-0.39, 0.29) is 17.3 Å². The average Bonchev–Trinajstić information content (AvgIpc) is 2.06. The van der Waals surface area contributed by atoms with Crippen molar-refractivity contribution in [2.24, 2.45) is 0 Å². The number of hydrogen-bond acceptors (Lipinski definition) is 3. The molecule has 0 aliphatic carbocycles. The molecule has 13 heavy (non-hydrogen) atoms. The molecular weight excluding hydrogens is 195 g/mol. The number of anilines is 1. The van der Waals surface area contributed by atoms with E-state index in [1.165, 1.54) is 18.2 Å². The number of rotatable bonds is 0. The summed E-state index contributed by atoms with van der Waals surface area (Å²) in [7, 11) is -3.52. The molecular formula is C7H7FN2O2S. The molecule has 4 nitrogen and oxygen atoms in total. The van der Waals surface area contributed by atoms with E-state index in [4.69, 9.17) is 0 Å². The molecule has 70 valence electrons. The molecule has 0 amide bonds. The van der Waals surface area contributed by atoms with Crippen LogP contribution in [0, 0.1) is 5.82 Å². The largest absolute Gasteiger partial charge is 0.368 e. The Morgan fingerprint density at radius 2 is 2.15 bits per heavy atom. The fourth-order valence-corrected chi connectivity index (χ4v) is 2.31. The van der Waals surface area contributed by atoms with Crippen molar-refractivity contribution in [2.75, 3.05) is 12.0 Å². The van der Waals surface area contributed by atoms with E-state index in [0.717, 1.165) is 0 Å². The van der Waals surface area contributed by atoms with Crippen LogP contribution < -0.4 is 10.0 Å². The van der Waals surface area contributed by atoms with Crippen molar-refractivity contribution in [3.63, 3.8) is 0 Å². The Morgan fingerprint density at radius 1 is 1.38 bits per heavy atom. The third kappa shape index (κ3) is 1.27. The highest BCUT2D eigenvalue weighted by atomic mass is 32.2. The average molecular weight is 202 g/mol. The van der Waals surface area contributed by atoms with Gasteiger partial charge in [0, 0.05) is 0 Å². The van der Waals surface area contributed by atoms with Gasteiger partial charge in [-0.2, -0.15) is 4.72 Å². The zero-order valence-electron chi connectivity index (χ0n) is 6.54. The lowest BCUT2D eigenvalue weighted by Gasteiger charge is -2.19. The molecule has 1 heterocycles. The van der Waals surface area contributed by atoms with Gasteiger partial charge in [0.1, 0.15) is 10.7 Å². The maximum Gasteiger partial charge on any atom is 0.244 e. The summed E-state index contributed by atoms with van der Waals surface area (Å²) in [6.07, 6.45) is 0. The number of fused-ring (bicyclic) bond motifs is 1. The second kappa shape index (κ2) is 2.68. The fourth-order valence-electron chi connectivity index (χ4n) is 1.20. The second-order valence-electron chi connectivity index (χ2n) is 2.61. The highest BCUT2D eigenvalue weighted by molar-refractivity contribution is 7.89. The minimum atomic E-state index is -3.52. The lowest BCUT2D eigenvalue weighted by Crippen LogP contribution is -2.34. The molecule has 0 unspecified atom stereocenters. The third-order valence-electron chi connectivity index (χ3n) is 1.79. The SMILES string of the molecule is O=S1(=O)NCNc2c(F)cccc21. The zero-order valence-corrected chi connectivity index (χ0v) is 7.36. The Balaban J connectivity index is 2.73. The van der Waals surface area contributed by atoms with Gasteiger partial charge in [-0.25, -0.2) is 12.8 Å². The number of para-hydroxylation sites is 1. The predicted octanol–water partition coefficient (Wildman–Crippen LogP) is 0.487. The molecule has 0 spiro atoms. The van der Waals surface area contributed by atoms with Crippen molar-refractivity contribution in [3.05, 3.63) is 24.0 Å². The van der Waals surface area contributed by atoms with Gasteiger partial charge in [-0.05, 0) is 12.1 Å². The fraction of sp³-hybridized carbons (Fsp3) is 0.143. The van der Waals surface area contributed by atoms with E-state index in [0.29, 0.717) is 0 Å². The summed E-state index contributed by atoms with van der Waals surface area (Å²) in [6.45, 7) is 0.0241. The predicted molar refractivity (Wildman–Crippen MR) is 45.2 cm³/mol. The van der Waals surface area contributed by atoms with E-state index in [1.807, 2.05) is 0 Å². The smallest absolute Gasteiger partial charge is 0.244 e. The first-order chi connectivity index (χ1) is 6.11. The monoisotopic (exact) mass is 202 g/mol.